The smallest absolute Gasteiger partial charge is 0.108 e. The second kappa shape index (κ2) is 8.80. The molecular weight excluding hydrogens is 284 g/mol. The molecule has 124 valence electrons. The van der Waals surface area contributed by atoms with Crippen LogP contribution < -0.4 is 0 Å². The third-order valence-corrected chi connectivity index (χ3v) is 4.14. The van der Waals surface area contributed by atoms with Gasteiger partial charge in [-0.15, -0.1) is 0 Å². The molecule has 2 rings (SSSR count). The third kappa shape index (κ3) is 4.63. The summed E-state index contributed by atoms with van der Waals surface area (Å²) in [6.07, 6.45) is 5.70. The maximum absolute atomic E-state index is 6.34. The SMILES string of the molecule is CCc1cccc(CC)c1[C@@H](OCCN(C)C)c1ccncc1. The minimum Gasteiger partial charge on any atom is -0.367 e. The molecule has 0 saturated heterocycles. The van der Waals surface area contributed by atoms with E-state index in [-0.39, 0.29) is 6.10 Å². The van der Waals surface area contributed by atoms with Gasteiger partial charge in [0, 0.05) is 18.9 Å². The van der Waals surface area contributed by atoms with Crippen LogP contribution in [0.5, 0.6) is 0 Å². The standard InChI is InChI=1S/C20H28N2O/c1-5-16-8-7-9-17(6-2)19(16)20(23-15-14-22(3)4)18-10-12-21-13-11-18/h7-13,20H,5-6,14-15H2,1-4H3/t20-/m0/s1. The molecule has 0 unspecified atom stereocenters. The van der Waals surface area contributed by atoms with E-state index in [0.717, 1.165) is 19.4 Å². The normalized spacial score (nSPS) is 12.6. The first-order valence-electron chi connectivity index (χ1n) is 8.44. The summed E-state index contributed by atoms with van der Waals surface area (Å²) >= 11 is 0. The minimum absolute atomic E-state index is 0.0240. The van der Waals surface area contributed by atoms with Crippen LogP contribution in [0.2, 0.25) is 0 Å². The lowest BCUT2D eigenvalue weighted by Crippen LogP contribution is -2.21. The summed E-state index contributed by atoms with van der Waals surface area (Å²) in [4.78, 5) is 6.30. The number of likely N-dealkylation sites (N-methyl/N-ethyl adjacent to an activating group) is 1. The summed E-state index contributed by atoms with van der Waals surface area (Å²) in [6, 6.07) is 10.7. The quantitative estimate of drug-likeness (QED) is 0.740. The van der Waals surface area contributed by atoms with Crippen LogP contribution in [0.1, 0.15) is 42.2 Å². The molecule has 0 spiro atoms. The number of hydrogen-bond acceptors (Lipinski definition) is 3. The van der Waals surface area contributed by atoms with Crippen molar-refractivity contribution in [2.24, 2.45) is 0 Å². The van der Waals surface area contributed by atoms with Gasteiger partial charge in [-0.2, -0.15) is 0 Å². The van der Waals surface area contributed by atoms with Crippen molar-refractivity contribution in [2.45, 2.75) is 32.8 Å². The van der Waals surface area contributed by atoms with Crippen molar-refractivity contribution >= 4 is 0 Å². The Bertz CT molecular complexity index is 574. The largest absolute Gasteiger partial charge is 0.367 e. The fourth-order valence-electron chi connectivity index (χ4n) is 2.86. The van der Waals surface area contributed by atoms with Gasteiger partial charge < -0.3 is 9.64 Å². The Morgan fingerprint density at radius 1 is 1.00 bits per heavy atom. The first-order valence-corrected chi connectivity index (χ1v) is 8.44. The average Bonchev–Trinajstić information content (AvgIpc) is 2.58. The van der Waals surface area contributed by atoms with E-state index in [0.29, 0.717) is 6.61 Å². The molecule has 0 saturated carbocycles. The van der Waals surface area contributed by atoms with Crippen molar-refractivity contribution in [3.8, 4) is 0 Å². The van der Waals surface area contributed by atoms with E-state index >= 15 is 0 Å². The molecule has 0 aliphatic heterocycles. The highest BCUT2D eigenvalue weighted by atomic mass is 16.5. The molecule has 23 heavy (non-hydrogen) atoms. The van der Waals surface area contributed by atoms with E-state index in [1.807, 2.05) is 12.4 Å². The maximum Gasteiger partial charge on any atom is 0.108 e. The topological polar surface area (TPSA) is 25.4 Å². The Kier molecular flexibility index (Phi) is 6.75. The number of benzene rings is 1. The summed E-state index contributed by atoms with van der Waals surface area (Å²) in [7, 11) is 4.14. The van der Waals surface area contributed by atoms with Crippen LogP contribution in [0.3, 0.4) is 0 Å². The first kappa shape index (κ1) is 17.6. The third-order valence-electron chi connectivity index (χ3n) is 4.14. The average molecular weight is 312 g/mol. The second-order valence-corrected chi connectivity index (χ2v) is 6.03. The van der Waals surface area contributed by atoms with E-state index in [2.05, 4.69) is 68.2 Å². The van der Waals surface area contributed by atoms with Crippen LogP contribution in [0.15, 0.2) is 42.7 Å². The molecule has 0 aliphatic rings. The molecule has 2 aromatic rings. The van der Waals surface area contributed by atoms with Crippen LogP contribution in [-0.4, -0.2) is 37.1 Å². The lowest BCUT2D eigenvalue weighted by Gasteiger charge is -2.25. The summed E-state index contributed by atoms with van der Waals surface area (Å²) in [5.74, 6) is 0. The van der Waals surface area contributed by atoms with Crippen LogP contribution in [0.25, 0.3) is 0 Å². The Morgan fingerprint density at radius 2 is 1.61 bits per heavy atom. The highest BCUT2D eigenvalue weighted by Crippen LogP contribution is 2.32. The second-order valence-electron chi connectivity index (χ2n) is 6.03. The summed E-state index contributed by atoms with van der Waals surface area (Å²) < 4.78 is 6.34. The highest BCUT2D eigenvalue weighted by Gasteiger charge is 2.20. The maximum atomic E-state index is 6.34. The van der Waals surface area contributed by atoms with Gasteiger partial charge in [0.1, 0.15) is 6.10 Å². The zero-order chi connectivity index (χ0) is 16.7. The molecule has 0 aliphatic carbocycles. The number of nitrogens with zero attached hydrogens (tertiary/aromatic N) is 2. The predicted octanol–water partition coefficient (Wildman–Crippen LogP) is 3.87. The number of aryl methyl sites for hydroxylation is 2. The molecule has 3 nitrogen and oxygen atoms in total. The molecule has 0 fully saturated rings. The van der Waals surface area contributed by atoms with E-state index in [1.54, 1.807) is 0 Å². The summed E-state index contributed by atoms with van der Waals surface area (Å²) in [5, 5.41) is 0. The summed E-state index contributed by atoms with van der Waals surface area (Å²) in [6.45, 7) is 6.04. The zero-order valence-corrected chi connectivity index (χ0v) is 14.7. The Hall–Kier alpha value is -1.71. The van der Waals surface area contributed by atoms with Gasteiger partial charge in [0.25, 0.3) is 0 Å². The van der Waals surface area contributed by atoms with E-state index < -0.39 is 0 Å². The van der Waals surface area contributed by atoms with Crippen molar-refractivity contribution in [2.75, 3.05) is 27.2 Å². The zero-order valence-electron chi connectivity index (χ0n) is 14.7. The van der Waals surface area contributed by atoms with Gasteiger partial charge in [0.05, 0.1) is 6.61 Å². The van der Waals surface area contributed by atoms with Crippen LogP contribution in [-0.2, 0) is 17.6 Å². The van der Waals surface area contributed by atoms with Gasteiger partial charge in [-0.25, -0.2) is 0 Å². The molecule has 0 radical (unpaired) electrons. The van der Waals surface area contributed by atoms with Crippen LogP contribution >= 0.6 is 0 Å². The fraction of sp³-hybridized carbons (Fsp3) is 0.450. The Labute approximate surface area is 140 Å². The molecule has 1 atom stereocenters. The number of aromatic nitrogens is 1. The van der Waals surface area contributed by atoms with Gasteiger partial charge in [-0.3, -0.25) is 4.98 Å². The number of pyridine rings is 1. The summed E-state index contributed by atoms with van der Waals surface area (Å²) in [5.41, 5.74) is 5.25. The van der Waals surface area contributed by atoms with Crippen molar-refractivity contribution in [3.05, 3.63) is 65.0 Å². The Balaban J connectivity index is 2.41. The molecule has 0 bridgehead atoms. The molecule has 1 aromatic heterocycles. The van der Waals surface area contributed by atoms with Crippen LogP contribution in [0.4, 0.5) is 0 Å². The van der Waals surface area contributed by atoms with Crippen molar-refractivity contribution in [1.29, 1.82) is 0 Å². The van der Waals surface area contributed by atoms with E-state index in [9.17, 15) is 0 Å². The molecule has 0 amide bonds. The molecule has 1 heterocycles. The number of rotatable bonds is 8. The van der Waals surface area contributed by atoms with Crippen molar-refractivity contribution < 1.29 is 4.74 Å². The van der Waals surface area contributed by atoms with Gasteiger partial charge in [0.15, 0.2) is 0 Å². The van der Waals surface area contributed by atoms with Gasteiger partial charge in [-0.1, -0.05) is 32.0 Å². The monoisotopic (exact) mass is 312 g/mol. The van der Waals surface area contributed by atoms with Gasteiger partial charge in [0.2, 0.25) is 0 Å². The first-order chi connectivity index (χ1) is 11.2. The van der Waals surface area contributed by atoms with E-state index in [4.69, 9.17) is 4.74 Å². The minimum atomic E-state index is -0.0240. The predicted molar refractivity (Wildman–Crippen MR) is 95.8 cm³/mol. The van der Waals surface area contributed by atoms with Gasteiger partial charge >= 0.3 is 0 Å². The molecule has 0 N–H and O–H groups in total. The Morgan fingerprint density at radius 3 is 2.13 bits per heavy atom. The van der Waals surface area contributed by atoms with E-state index in [1.165, 1.54) is 22.3 Å². The number of hydrogen-bond donors (Lipinski definition) is 0. The molecule has 1 aromatic carbocycles. The molecular formula is C20H28N2O. The van der Waals surface area contributed by atoms with Crippen LogP contribution in [0, 0.1) is 0 Å². The van der Waals surface area contributed by atoms with Crippen molar-refractivity contribution in [1.82, 2.24) is 9.88 Å². The lowest BCUT2D eigenvalue weighted by molar-refractivity contribution is 0.0676. The lowest BCUT2D eigenvalue weighted by atomic mass is 9.90. The number of ether oxygens (including phenoxy) is 1. The van der Waals surface area contributed by atoms with Gasteiger partial charge in [-0.05, 0) is 61.3 Å². The highest BCUT2D eigenvalue weighted by molar-refractivity contribution is 5.42. The van der Waals surface area contributed by atoms with Crippen molar-refractivity contribution in [3.63, 3.8) is 0 Å². The molecule has 3 heteroatoms. The fourth-order valence-corrected chi connectivity index (χ4v) is 2.86.